The molecule has 1 N–H and O–H groups in total. The third kappa shape index (κ3) is 12.5. The van der Waals surface area contributed by atoms with Gasteiger partial charge in [-0.1, -0.05) is 27.7 Å². The molecule has 0 aromatic carbocycles. The fraction of sp³-hybridized carbons (Fsp3) is 0.875. The standard InChI is InChI=1S/C16H31NO4/c1-5-15(18)14(4)6-8-20-10-11-21-9-7-17-16(19)12-13(2)3/h13-14H,5-12H2,1-4H3,(H,17,19). The summed E-state index contributed by atoms with van der Waals surface area (Å²) in [7, 11) is 0. The minimum Gasteiger partial charge on any atom is -0.379 e. The van der Waals surface area contributed by atoms with Gasteiger partial charge in [-0.15, -0.1) is 0 Å². The van der Waals surface area contributed by atoms with Gasteiger partial charge in [0.05, 0.1) is 19.8 Å². The highest BCUT2D eigenvalue weighted by Gasteiger charge is 2.09. The minimum absolute atomic E-state index is 0.0689. The molecule has 0 rings (SSSR count). The van der Waals surface area contributed by atoms with Gasteiger partial charge in [-0.2, -0.15) is 0 Å². The summed E-state index contributed by atoms with van der Waals surface area (Å²) in [6.07, 6.45) is 1.91. The molecule has 0 spiro atoms. The van der Waals surface area contributed by atoms with Crippen LogP contribution >= 0.6 is 0 Å². The van der Waals surface area contributed by atoms with E-state index >= 15 is 0 Å². The van der Waals surface area contributed by atoms with Gasteiger partial charge in [-0.05, 0) is 12.3 Å². The number of carbonyl (C=O) groups excluding carboxylic acids is 2. The molecule has 0 aliphatic heterocycles. The fourth-order valence-electron chi connectivity index (χ4n) is 1.80. The van der Waals surface area contributed by atoms with E-state index in [2.05, 4.69) is 5.32 Å². The van der Waals surface area contributed by atoms with Gasteiger partial charge in [0.1, 0.15) is 5.78 Å². The van der Waals surface area contributed by atoms with Crippen LogP contribution in [-0.2, 0) is 19.1 Å². The first-order valence-corrected chi connectivity index (χ1v) is 7.92. The lowest BCUT2D eigenvalue weighted by molar-refractivity contribution is -0.123. The van der Waals surface area contributed by atoms with E-state index < -0.39 is 0 Å². The molecule has 0 aromatic heterocycles. The van der Waals surface area contributed by atoms with Gasteiger partial charge in [-0.25, -0.2) is 0 Å². The van der Waals surface area contributed by atoms with Gasteiger partial charge in [-0.3, -0.25) is 9.59 Å². The lowest BCUT2D eigenvalue weighted by atomic mass is 10.0. The molecule has 0 aliphatic carbocycles. The molecule has 0 aromatic rings. The van der Waals surface area contributed by atoms with E-state index in [1.54, 1.807) is 0 Å². The average Bonchev–Trinajstić information content (AvgIpc) is 2.43. The topological polar surface area (TPSA) is 64.6 Å². The Balaban J connectivity index is 3.30. The van der Waals surface area contributed by atoms with Crippen LogP contribution in [-0.4, -0.2) is 44.7 Å². The Morgan fingerprint density at radius 2 is 1.62 bits per heavy atom. The van der Waals surface area contributed by atoms with Crippen molar-refractivity contribution in [1.29, 1.82) is 0 Å². The van der Waals surface area contributed by atoms with Crippen LogP contribution in [0.15, 0.2) is 0 Å². The van der Waals surface area contributed by atoms with E-state index in [1.165, 1.54) is 0 Å². The second-order valence-corrected chi connectivity index (χ2v) is 5.68. The van der Waals surface area contributed by atoms with Gasteiger partial charge in [0.2, 0.25) is 5.91 Å². The summed E-state index contributed by atoms with van der Waals surface area (Å²) in [6, 6.07) is 0. The number of carbonyl (C=O) groups is 2. The van der Waals surface area contributed by atoms with E-state index in [0.29, 0.717) is 51.7 Å². The molecule has 0 bridgehead atoms. The molecule has 0 radical (unpaired) electrons. The van der Waals surface area contributed by atoms with Gasteiger partial charge >= 0.3 is 0 Å². The van der Waals surface area contributed by atoms with Gasteiger partial charge in [0.25, 0.3) is 0 Å². The zero-order valence-corrected chi connectivity index (χ0v) is 13.9. The van der Waals surface area contributed by atoms with E-state index in [0.717, 1.165) is 6.42 Å². The molecule has 21 heavy (non-hydrogen) atoms. The predicted octanol–water partition coefficient (Wildman–Crippen LogP) is 2.19. The number of Topliss-reactive ketones (excluding diaryl/α,β-unsaturated/α-hetero) is 1. The first-order valence-electron chi connectivity index (χ1n) is 7.92. The highest BCUT2D eigenvalue weighted by molar-refractivity contribution is 5.80. The quantitative estimate of drug-likeness (QED) is 0.530. The molecule has 1 atom stereocenters. The zero-order valence-electron chi connectivity index (χ0n) is 13.9. The van der Waals surface area contributed by atoms with Crippen LogP contribution in [0.4, 0.5) is 0 Å². The minimum atomic E-state index is 0.0689. The molecule has 1 unspecified atom stereocenters. The number of ether oxygens (including phenoxy) is 2. The van der Waals surface area contributed by atoms with Crippen molar-refractivity contribution in [1.82, 2.24) is 5.32 Å². The van der Waals surface area contributed by atoms with Crippen molar-refractivity contribution in [3.63, 3.8) is 0 Å². The van der Waals surface area contributed by atoms with Crippen molar-refractivity contribution in [2.45, 2.75) is 47.0 Å². The zero-order chi connectivity index (χ0) is 16.1. The van der Waals surface area contributed by atoms with Crippen molar-refractivity contribution in [2.75, 3.05) is 33.0 Å². The molecule has 0 saturated heterocycles. The SMILES string of the molecule is CCC(=O)C(C)CCOCCOCCNC(=O)CC(C)C. The number of rotatable bonds is 13. The number of amides is 1. The van der Waals surface area contributed by atoms with E-state index in [1.807, 2.05) is 27.7 Å². The largest absolute Gasteiger partial charge is 0.379 e. The van der Waals surface area contributed by atoms with Gasteiger partial charge in [0.15, 0.2) is 0 Å². The second kappa shape index (κ2) is 12.8. The lowest BCUT2D eigenvalue weighted by Gasteiger charge is -2.10. The fourth-order valence-corrected chi connectivity index (χ4v) is 1.80. The molecule has 0 aliphatic rings. The highest BCUT2D eigenvalue weighted by atomic mass is 16.5. The van der Waals surface area contributed by atoms with Gasteiger partial charge in [0, 0.05) is 31.9 Å². The van der Waals surface area contributed by atoms with Crippen molar-refractivity contribution in [2.24, 2.45) is 11.8 Å². The van der Waals surface area contributed by atoms with Gasteiger partial charge < -0.3 is 14.8 Å². The molecule has 5 nitrogen and oxygen atoms in total. The molecule has 0 saturated carbocycles. The van der Waals surface area contributed by atoms with E-state index in [4.69, 9.17) is 9.47 Å². The molecule has 0 heterocycles. The third-order valence-electron chi connectivity index (χ3n) is 3.13. The highest BCUT2D eigenvalue weighted by Crippen LogP contribution is 2.05. The number of hydrogen-bond acceptors (Lipinski definition) is 4. The van der Waals surface area contributed by atoms with E-state index in [-0.39, 0.29) is 17.6 Å². The Hall–Kier alpha value is -0.940. The second-order valence-electron chi connectivity index (χ2n) is 5.68. The average molecular weight is 301 g/mol. The maximum atomic E-state index is 11.4. The Bertz CT molecular complexity index is 292. The van der Waals surface area contributed by atoms with Crippen molar-refractivity contribution >= 4 is 11.7 Å². The summed E-state index contributed by atoms with van der Waals surface area (Å²) in [5.74, 6) is 0.805. The first-order chi connectivity index (χ1) is 9.97. The normalized spacial score (nSPS) is 12.4. The number of nitrogens with one attached hydrogen (secondary N) is 1. The Kier molecular flexibility index (Phi) is 12.2. The Morgan fingerprint density at radius 3 is 2.19 bits per heavy atom. The summed E-state index contributed by atoms with van der Waals surface area (Å²) < 4.78 is 10.8. The lowest BCUT2D eigenvalue weighted by Crippen LogP contribution is -2.28. The predicted molar refractivity (Wildman–Crippen MR) is 83.2 cm³/mol. The summed E-state index contributed by atoms with van der Waals surface area (Å²) in [6.45, 7) is 10.5. The summed E-state index contributed by atoms with van der Waals surface area (Å²) in [5.41, 5.74) is 0. The van der Waals surface area contributed by atoms with Crippen molar-refractivity contribution in [3.05, 3.63) is 0 Å². The molecule has 1 amide bonds. The molecule has 5 heteroatoms. The van der Waals surface area contributed by atoms with Crippen LogP contribution in [0.1, 0.15) is 47.0 Å². The summed E-state index contributed by atoms with van der Waals surface area (Å²) in [5, 5.41) is 2.81. The summed E-state index contributed by atoms with van der Waals surface area (Å²) >= 11 is 0. The molecular formula is C16H31NO4. The van der Waals surface area contributed by atoms with Crippen LogP contribution in [0.25, 0.3) is 0 Å². The van der Waals surface area contributed by atoms with Crippen molar-refractivity contribution < 1.29 is 19.1 Å². The van der Waals surface area contributed by atoms with Crippen molar-refractivity contribution in [3.8, 4) is 0 Å². The van der Waals surface area contributed by atoms with Crippen LogP contribution in [0.2, 0.25) is 0 Å². The third-order valence-corrected chi connectivity index (χ3v) is 3.13. The summed E-state index contributed by atoms with van der Waals surface area (Å²) in [4.78, 5) is 22.7. The molecule has 0 fully saturated rings. The Labute approximate surface area is 128 Å². The van der Waals surface area contributed by atoms with Crippen LogP contribution in [0.5, 0.6) is 0 Å². The smallest absolute Gasteiger partial charge is 0.220 e. The maximum Gasteiger partial charge on any atom is 0.220 e. The van der Waals surface area contributed by atoms with Crippen LogP contribution in [0, 0.1) is 11.8 Å². The van der Waals surface area contributed by atoms with E-state index in [9.17, 15) is 9.59 Å². The van der Waals surface area contributed by atoms with Crippen LogP contribution < -0.4 is 5.32 Å². The number of ketones is 1. The molecular weight excluding hydrogens is 270 g/mol. The molecule has 124 valence electrons. The maximum absolute atomic E-state index is 11.4. The van der Waals surface area contributed by atoms with Crippen LogP contribution in [0.3, 0.4) is 0 Å². The number of hydrogen-bond donors (Lipinski definition) is 1. The Morgan fingerprint density at radius 1 is 1.00 bits per heavy atom. The monoisotopic (exact) mass is 301 g/mol. The first kappa shape index (κ1) is 20.1.